The molecule has 0 bridgehead atoms. The van der Waals surface area contributed by atoms with Gasteiger partial charge in [0.05, 0.1) is 12.5 Å². The minimum Gasteiger partial charge on any atom is -0.452 e. The molecule has 0 unspecified atom stereocenters. The zero-order valence-corrected chi connectivity index (χ0v) is 16.0. The van der Waals surface area contributed by atoms with Crippen LogP contribution >= 0.6 is 0 Å². The van der Waals surface area contributed by atoms with Crippen LogP contribution in [0.3, 0.4) is 0 Å². The maximum absolute atomic E-state index is 15.1. The van der Waals surface area contributed by atoms with Crippen molar-refractivity contribution in [3.8, 4) is 17.3 Å². The topological polar surface area (TPSA) is 40.8 Å². The highest BCUT2D eigenvalue weighted by atomic mass is 19.1. The molecule has 0 fully saturated rings. The van der Waals surface area contributed by atoms with Crippen LogP contribution in [0.5, 0.6) is 0 Å². The minimum absolute atomic E-state index is 0.0541. The van der Waals surface area contributed by atoms with E-state index in [0.29, 0.717) is 16.3 Å². The third kappa shape index (κ3) is 2.73. The van der Waals surface area contributed by atoms with Crippen molar-refractivity contribution < 1.29 is 28.5 Å². The molecule has 0 aliphatic heterocycles. The monoisotopic (exact) mass is 398 g/mol. The first kappa shape index (κ1) is 10.0. The number of fused-ring (bicyclic) bond motifs is 3. The number of furan rings is 1. The predicted molar refractivity (Wildman–Crippen MR) is 113 cm³/mol. The van der Waals surface area contributed by atoms with Gasteiger partial charge in [0.15, 0.2) is 17.1 Å². The van der Waals surface area contributed by atoms with Gasteiger partial charge in [-0.2, -0.15) is 9.83 Å². The number of pyridine rings is 1. The Labute approximate surface area is 185 Å². The van der Waals surface area contributed by atoms with Crippen molar-refractivity contribution in [1.82, 2.24) is 0 Å². The molecule has 0 N–H and O–H groups in total. The van der Waals surface area contributed by atoms with Crippen molar-refractivity contribution in [3.05, 3.63) is 64.1 Å². The van der Waals surface area contributed by atoms with Gasteiger partial charge in [0.2, 0.25) is 5.69 Å². The molecule has 0 aliphatic rings. The summed E-state index contributed by atoms with van der Waals surface area (Å²) in [7, 11) is 1.42. The van der Waals surface area contributed by atoms with Crippen molar-refractivity contribution in [3.63, 3.8) is 0 Å². The summed E-state index contributed by atoms with van der Waals surface area (Å²) in [4.78, 5) is 0. The Morgan fingerprint density at radius 1 is 1.21 bits per heavy atom. The second kappa shape index (κ2) is 6.70. The van der Waals surface area contributed by atoms with E-state index in [2.05, 4.69) is 0 Å². The first-order chi connectivity index (χ1) is 18.2. The molecule has 29 heavy (non-hydrogen) atoms. The Hall–Kier alpha value is -3.19. The second-order valence-electron chi connectivity index (χ2n) is 6.89. The molecule has 0 aliphatic carbocycles. The summed E-state index contributed by atoms with van der Waals surface area (Å²) in [6.45, 7) is -7.23. The number of nitrogens with zero attached hydrogens (tertiary/aromatic N) is 2. The Bertz CT molecular complexity index is 1730. The third-order valence-electron chi connectivity index (χ3n) is 5.26. The highest BCUT2D eigenvalue weighted by molar-refractivity contribution is 6.10. The molecule has 0 spiro atoms. The van der Waals surface area contributed by atoms with Crippen LogP contribution in [0, 0.1) is 37.8 Å². The molecule has 2 aromatic carbocycles. The van der Waals surface area contributed by atoms with Crippen LogP contribution in [-0.4, -0.2) is 0 Å². The molecule has 0 amide bonds. The summed E-state index contributed by atoms with van der Waals surface area (Å²) < 4.78 is 113. The maximum Gasteiger partial charge on any atom is 0.216 e. The van der Waals surface area contributed by atoms with E-state index in [1.807, 2.05) is 0 Å². The largest absolute Gasteiger partial charge is 0.452 e. The number of nitriles is 1. The van der Waals surface area contributed by atoms with Crippen molar-refractivity contribution in [2.24, 2.45) is 7.05 Å². The van der Waals surface area contributed by atoms with E-state index in [1.165, 1.54) is 30.7 Å². The molecule has 3 nitrogen and oxygen atoms in total. The van der Waals surface area contributed by atoms with Crippen LogP contribution in [0.2, 0.25) is 0 Å². The Kier molecular flexibility index (Phi) is 2.32. The summed E-state index contributed by atoms with van der Waals surface area (Å²) in [6.07, 6.45) is 0. The number of benzene rings is 2. The van der Waals surface area contributed by atoms with Gasteiger partial charge in [0.25, 0.3) is 0 Å². The number of aromatic nitrogens is 1. The SMILES string of the molecule is [2H]c1c(C([2H])(C([2H])([2H])[2H])C([2H])([2H])[2H])c(C([2H])([2H])[2H])c(C)[n+](C)c1-c1c(C)ccc2c1oc1c(F)c(C#N)ccc12. The molecular formula is C25H24FN2O+. The molecule has 4 heteroatoms. The lowest BCUT2D eigenvalue weighted by Gasteiger charge is -2.14. The molecular weight excluding hydrogens is 363 g/mol. The lowest BCUT2D eigenvalue weighted by atomic mass is 9.93. The first-order valence-corrected chi connectivity index (χ1v) is 8.79. The van der Waals surface area contributed by atoms with E-state index in [4.69, 9.17) is 19.5 Å². The summed E-state index contributed by atoms with van der Waals surface area (Å²) >= 11 is 0. The number of aryl methyl sites for hydroxylation is 1. The van der Waals surface area contributed by atoms with E-state index in [1.54, 1.807) is 25.1 Å². The fourth-order valence-electron chi connectivity index (χ4n) is 3.55. The molecule has 0 atom stereocenters. The predicted octanol–water partition coefficient (Wildman–Crippen LogP) is 6.14. The molecule has 2 heterocycles. The normalized spacial score (nSPS) is 18.8. The van der Waals surface area contributed by atoms with Crippen molar-refractivity contribution in [2.45, 2.75) is 40.3 Å². The van der Waals surface area contributed by atoms with Gasteiger partial charge >= 0.3 is 0 Å². The lowest BCUT2D eigenvalue weighted by molar-refractivity contribution is -0.667. The summed E-state index contributed by atoms with van der Waals surface area (Å²) in [6, 6.07) is 7.00. The summed E-state index contributed by atoms with van der Waals surface area (Å²) in [5.74, 6) is -4.39. The number of hydrogen-bond acceptors (Lipinski definition) is 2. The van der Waals surface area contributed by atoms with E-state index in [9.17, 15) is 5.26 Å². The highest BCUT2D eigenvalue weighted by Gasteiger charge is 2.26. The standard InChI is InChI=1S/C25H24FN2O/c1-13(2)20-11-21(28(6)16(5)15(20)4)22-14(3)7-9-18-19-10-8-17(12-27)23(26)25(19)29-24(18)22/h7-11,13H,1-6H3/q+1/i1D3,2D3,4D3,11D,13D. The number of hydrogen-bond donors (Lipinski definition) is 0. The van der Waals surface area contributed by atoms with Gasteiger partial charge in [-0.3, -0.25) is 0 Å². The fourth-order valence-corrected chi connectivity index (χ4v) is 3.55. The lowest BCUT2D eigenvalue weighted by Crippen LogP contribution is -2.36. The second-order valence-corrected chi connectivity index (χ2v) is 6.89. The van der Waals surface area contributed by atoms with Crippen LogP contribution in [0.15, 0.2) is 34.7 Å². The van der Waals surface area contributed by atoms with E-state index in [-0.39, 0.29) is 33.7 Å². The van der Waals surface area contributed by atoms with Crippen LogP contribution < -0.4 is 4.57 Å². The Morgan fingerprint density at radius 2 is 1.93 bits per heavy atom. The van der Waals surface area contributed by atoms with Gasteiger partial charge in [-0.25, -0.2) is 4.39 Å². The fraction of sp³-hybridized carbons (Fsp3) is 0.280. The van der Waals surface area contributed by atoms with Crippen LogP contribution in [0.1, 0.15) is 62.6 Å². The van der Waals surface area contributed by atoms with Gasteiger partial charge in [0, 0.05) is 43.0 Å². The average Bonchev–Trinajstić information content (AvgIpc) is 3.19. The molecule has 146 valence electrons. The maximum atomic E-state index is 15.1. The van der Waals surface area contributed by atoms with Crippen LogP contribution in [0.25, 0.3) is 33.2 Å². The smallest absolute Gasteiger partial charge is 0.216 e. The van der Waals surface area contributed by atoms with Gasteiger partial charge in [-0.1, -0.05) is 25.8 Å². The average molecular weight is 399 g/mol. The Morgan fingerprint density at radius 3 is 2.62 bits per heavy atom. The van der Waals surface area contributed by atoms with Crippen molar-refractivity contribution >= 4 is 21.9 Å². The molecule has 4 aromatic rings. The van der Waals surface area contributed by atoms with Gasteiger partial charge < -0.3 is 4.42 Å². The minimum atomic E-state index is -3.56. The van der Waals surface area contributed by atoms with E-state index < -0.39 is 49.4 Å². The molecule has 0 radical (unpaired) electrons. The third-order valence-corrected chi connectivity index (χ3v) is 5.26. The number of halogens is 1. The van der Waals surface area contributed by atoms with Crippen molar-refractivity contribution in [1.29, 1.82) is 5.26 Å². The summed E-state index contributed by atoms with van der Waals surface area (Å²) in [5, 5.41) is 9.95. The zero-order chi connectivity index (χ0) is 30.3. The molecule has 0 saturated heterocycles. The number of rotatable bonds is 2. The van der Waals surface area contributed by atoms with Gasteiger partial charge in [-0.15, -0.1) is 0 Å². The van der Waals surface area contributed by atoms with E-state index >= 15 is 4.39 Å². The summed E-state index contributed by atoms with van der Waals surface area (Å²) in [5.41, 5.74) is -1.71. The van der Waals surface area contributed by atoms with Gasteiger partial charge in [0.1, 0.15) is 18.7 Å². The zero-order valence-electron chi connectivity index (χ0n) is 27.0. The molecule has 0 saturated carbocycles. The van der Waals surface area contributed by atoms with Gasteiger partial charge in [-0.05, 0) is 42.9 Å². The highest BCUT2D eigenvalue weighted by Crippen LogP contribution is 2.39. The first-order valence-electron chi connectivity index (χ1n) is 14.3. The Balaban J connectivity index is 2.30. The van der Waals surface area contributed by atoms with Crippen LogP contribution in [-0.2, 0) is 7.05 Å². The van der Waals surface area contributed by atoms with Crippen molar-refractivity contribution in [2.75, 3.05) is 0 Å². The van der Waals surface area contributed by atoms with E-state index in [0.717, 1.165) is 0 Å². The molecule has 2 aromatic heterocycles. The molecule has 4 rings (SSSR count). The quantitative estimate of drug-likeness (QED) is 0.381. The van der Waals surface area contributed by atoms with Crippen LogP contribution in [0.4, 0.5) is 4.39 Å².